The maximum atomic E-state index is 13.8. The summed E-state index contributed by atoms with van der Waals surface area (Å²) in [6.45, 7) is 0.119. The SMILES string of the molecule is COCC(N)C(=O)NCC(c1c(F)cccc1F)N(C)C.Cl.Cl. The lowest BCUT2D eigenvalue weighted by Gasteiger charge is -2.26. The quantitative estimate of drug-likeness (QED) is 0.759. The number of benzene rings is 1. The fourth-order valence-corrected chi connectivity index (χ4v) is 1.96. The highest BCUT2D eigenvalue weighted by molar-refractivity contribution is 5.85. The first-order chi connectivity index (χ1) is 9.88. The van der Waals surface area contributed by atoms with Gasteiger partial charge in [0, 0.05) is 19.2 Å². The number of nitrogens with zero attached hydrogens (tertiary/aromatic N) is 1. The molecule has 1 aromatic carbocycles. The minimum Gasteiger partial charge on any atom is -0.383 e. The van der Waals surface area contributed by atoms with Gasteiger partial charge in [-0.1, -0.05) is 6.07 Å². The van der Waals surface area contributed by atoms with Crippen molar-refractivity contribution in [1.82, 2.24) is 10.2 Å². The number of carbonyl (C=O) groups is 1. The molecule has 0 aliphatic carbocycles. The van der Waals surface area contributed by atoms with Gasteiger partial charge in [0.1, 0.15) is 17.7 Å². The first kappa shape index (κ1) is 24.3. The highest BCUT2D eigenvalue weighted by atomic mass is 35.5. The highest BCUT2D eigenvalue weighted by Gasteiger charge is 2.23. The monoisotopic (exact) mass is 373 g/mol. The minimum absolute atomic E-state index is 0. The second-order valence-corrected chi connectivity index (χ2v) is 4.92. The summed E-state index contributed by atoms with van der Waals surface area (Å²) in [6.07, 6.45) is 0. The number of rotatable bonds is 7. The average molecular weight is 374 g/mol. The third-order valence-corrected chi connectivity index (χ3v) is 3.11. The number of methoxy groups -OCH3 is 1. The lowest BCUT2D eigenvalue weighted by Crippen LogP contribution is -2.46. The van der Waals surface area contributed by atoms with Crippen molar-refractivity contribution in [1.29, 1.82) is 0 Å². The Hall–Kier alpha value is -0.990. The number of amides is 1. The van der Waals surface area contributed by atoms with Crippen molar-refractivity contribution in [2.75, 3.05) is 34.4 Å². The summed E-state index contributed by atoms with van der Waals surface area (Å²) in [6, 6.07) is 2.22. The van der Waals surface area contributed by atoms with Crippen LogP contribution in [0.5, 0.6) is 0 Å². The van der Waals surface area contributed by atoms with E-state index in [1.807, 2.05) is 0 Å². The molecule has 1 aromatic rings. The van der Waals surface area contributed by atoms with Crippen molar-refractivity contribution in [3.63, 3.8) is 0 Å². The summed E-state index contributed by atoms with van der Waals surface area (Å²) in [4.78, 5) is 13.4. The highest BCUT2D eigenvalue weighted by Crippen LogP contribution is 2.23. The van der Waals surface area contributed by atoms with E-state index < -0.39 is 29.6 Å². The molecule has 0 heterocycles. The van der Waals surface area contributed by atoms with Gasteiger partial charge in [-0.15, -0.1) is 24.8 Å². The van der Waals surface area contributed by atoms with Crippen LogP contribution in [0.25, 0.3) is 0 Å². The van der Waals surface area contributed by atoms with Crippen LogP contribution in [-0.4, -0.2) is 51.2 Å². The third kappa shape index (κ3) is 6.97. The summed E-state index contributed by atoms with van der Waals surface area (Å²) >= 11 is 0. The van der Waals surface area contributed by atoms with Crippen LogP contribution in [0, 0.1) is 11.6 Å². The Balaban J connectivity index is 0. The molecule has 2 unspecified atom stereocenters. The molecule has 0 aromatic heterocycles. The number of hydrogen-bond acceptors (Lipinski definition) is 4. The molecular formula is C14H23Cl2F2N3O2. The standard InChI is InChI=1S/C14H21F2N3O2.2ClH/c1-19(2)12(7-18-14(20)11(17)8-21-3)13-9(15)5-4-6-10(13)16;;/h4-6,11-12H,7-8,17H2,1-3H3,(H,18,20);2*1H. The van der Waals surface area contributed by atoms with Gasteiger partial charge in [0.2, 0.25) is 5.91 Å². The lowest BCUT2D eigenvalue weighted by atomic mass is 10.0. The normalized spacial score (nSPS) is 12.8. The first-order valence-corrected chi connectivity index (χ1v) is 6.51. The summed E-state index contributed by atoms with van der Waals surface area (Å²) in [5, 5.41) is 2.58. The van der Waals surface area contributed by atoms with E-state index in [4.69, 9.17) is 10.5 Å². The molecule has 0 saturated carbocycles. The lowest BCUT2D eigenvalue weighted by molar-refractivity contribution is -0.123. The summed E-state index contributed by atoms with van der Waals surface area (Å²) in [5.41, 5.74) is 5.51. The van der Waals surface area contributed by atoms with E-state index in [0.717, 1.165) is 0 Å². The molecule has 0 radical (unpaired) electrons. The first-order valence-electron chi connectivity index (χ1n) is 6.51. The Bertz CT molecular complexity index is 473. The molecule has 9 heteroatoms. The molecule has 5 nitrogen and oxygen atoms in total. The van der Waals surface area contributed by atoms with Crippen LogP contribution in [0.2, 0.25) is 0 Å². The van der Waals surface area contributed by atoms with Crippen LogP contribution in [0.4, 0.5) is 8.78 Å². The van der Waals surface area contributed by atoms with Crippen molar-refractivity contribution in [3.05, 3.63) is 35.4 Å². The number of nitrogens with two attached hydrogens (primary N) is 1. The number of ether oxygens (including phenoxy) is 1. The van der Waals surface area contributed by atoms with Crippen LogP contribution in [0.3, 0.4) is 0 Å². The van der Waals surface area contributed by atoms with Crippen molar-refractivity contribution in [2.24, 2.45) is 5.73 Å². The number of likely N-dealkylation sites (N-methyl/N-ethyl adjacent to an activating group) is 1. The number of carbonyl (C=O) groups excluding carboxylic acids is 1. The van der Waals surface area contributed by atoms with E-state index >= 15 is 0 Å². The Labute approximate surface area is 147 Å². The van der Waals surface area contributed by atoms with Gasteiger partial charge in [0.15, 0.2) is 0 Å². The fourth-order valence-electron chi connectivity index (χ4n) is 1.96. The van der Waals surface area contributed by atoms with Crippen LogP contribution in [0.15, 0.2) is 18.2 Å². The molecule has 0 aliphatic rings. The molecule has 1 rings (SSSR count). The zero-order valence-corrected chi connectivity index (χ0v) is 14.8. The molecular weight excluding hydrogens is 351 g/mol. The summed E-state index contributed by atoms with van der Waals surface area (Å²) < 4.78 is 32.5. The maximum absolute atomic E-state index is 13.8. The molecule has 0 saturated heterocycles. The van der Waals surface area contributed by atoms with Crippen LogP contribution in [-0.2, 0) is 9.53 Å². The number of hydrogen-bond donors (Lipinski definition) is 2. The van der Waals surface area contributed by atoms with E-state index in [2.05, 4.69) is 5.32 Å². The van der Waals surface area contributed by atoms with Gasteiger partial charge < -0.3 is 20.7 Å². The predicted molar refractivity (Wildman–Crippen MR) is 90.1 cm³/mol. The second kappa shape index (κ2) is 11.5. The summed E-state index contributed by atoms with van der Waals surface area (Å²) in [7, 11) is 4.79. The smallest absolute Gasteiger partial charge is 0.239 e. The fraction of sp³-hybridized carbons (Fsp3) is 0.500. The van der Waals surface area contributed by atoms with Gasteiger partial charge in [-0.3, -0.25) is 4.79 Å². The number of halogens is 4. The van der Waals surface area contributed by atoms with Crippen LogP contribution in [0.1, 0.15) is 11.6 Å². The number of nitrogens with one attached hydrogen (secondary N) is 1. The van der Waals surface area contributed by atoms with Crippen molar-refractivity contribution in [2.45, 2.75) is 12.1 Å². The molecule has 23 heavy (non-hydrogen) atoms. The van der Waals surface area contributed by atoms with Gasteiger partial charge in [-0.2, -0.15) is 0 Å². The Morgan fingerprint density at radius 3 is 2.26 bits per heavy atom. The molecule has 134 valence electrons. The summed E-state index contributed by atoms with van der Waals surface area (Å²) in [5.74, 6) is -1.73. The van der Waals surface area contributed by atoms with Gasteiger partial charge in [-0.05, 0) is 26.2 Å². The van der Waals surface area contributed by atoms with Crippen molar-refractivity contribution >= 4 is 30.7 Å². The van der Waals surface area contributed by atoms with E-state index in [-0.39, 0.29) is 43.5 Å². The molecule has 0 aliphatic heterocycles. The van der Waals surface area contributed by atoms with E-state index in [1.165, 1.54) is 25.3 Å². The molecule has 0 fully saturated rings. The second-order valence-electron chi connectivity index (χ2n) is 4.92. The van der Waals surface area contributed by atoms with E-state index in [9.17, 15) is 13.6 Å². The van der Waals surface area contributed by atoms with Crippen LogP contribution < -0.4 is 11.1 Å². The topological polar surface area (TPSA) is 67.6 Å². The van der Waals surface area contributed by atoms with Gasteiger partial charge in [-0.25, -0.2) is 8.78 Å². The van der Waals surface area contributed by atoms with Crippen molar-refractivity contribution in [3.8, 4) is 0 Å². The Morgan fingerprint density at radius 2 is 1.83 bits per heavy atom. The average Bonchev–Trinajstić information content (AvgIpc) is 2.41. The molecule has 2 atom stereocenters. The molecule has 0 bridgehead atoms. The zero-order valence-electron chi connectivity index (χ0n) is 13.2. The van der Waals surface area contributed by atoms with E-state index in [1.54, 1.807) is 19.0 Å². The zero-order chi connectivity index (χ0) is 16.0. The van der Waals surface area contributed by atoms with Gasteiger partial charge in [0.05, 0.1) is 12.6 Å². The third-order valence-electron chi connectivity index (χ3n) is 3.11. The Morgan fingerprint density at radius 1 is 1.30 bits per heavy atom. The molecule has 3 N–H and O–H groups in total. The van der Waals surface area contributed by atoms with E-state index in [0.29, 0.717) is 0 Å². The van der Waals surface area contributed by atoms with Gasteiger partial charge in [0.25, 0.3) is 0 Å². The predicted octanol–water partition coefficient (Wildman–Crippen LogP) is 1.50. The Kier molecular flexibility index (Phi) is 12.2. The van der Waals surface area contributed by atoms with Crippen LogP contribution >= 0.6 is 24.8 Å². The maximum Gasteiger partial charge on any atom is 0.239 e. The van der Waals surface area contributed by atoms with Gasteiger partial charge >= 0.3 is 0 Å². The molecule has 0 spiro atoms. The largest absolute Gasteiger partial charge is 0.383 e. The molecule has 1 amide bonds. The van der Waals surface area contributed by atoms with Crippen molar-refractivity contribution < 1.29 is 18.3 Å². The minimum atomic E-state index is -0.816.